The van der Waals surface area contributed by atoms with Gasteiger partial charge >= 0.3 is 11.9 Å². The molecule has 0 heterocycles. The number of non-ortho nitro benzene ring substituents is 1. The Morgan fingerprint density at radius 3 is 1.93 bits per heavy atom. The van der Waals surface area contributed by atoms with Gasteiger partial charge in [-0.05, 0) is 24.3 Å². The molecule has 0 aliphatic heterocycles. The van der Waals surface area contributed by atoms with Gasteiger partial charge in [-0.3, -0.25) is 24.5 Å². The summed E-state index contributed by atoms with van der Waals surface area (Å²) >= 11 is 12.0. The van der Waals surface area contributed by atoms with E-state index in [4.69, 9.17) is 32.7 Å². The molecule has 0 unspecified atom stereocenters. The molecule has 0 radical (unpaired) electrons. The first kappa shape index (κ1) is 21.3. The van der Waals surface area contributed by atoms with Crippen LogP contribution in [0, 0.1) is 10.1 Å². The molecule has 2 aromatic rings. The molecule has 0 saturated heterocycles. The number of nitro groups is 1. The van der Waals surface area contributed by atoms with Crippen molar-refractivity contribution in [3.05, 3.63) is 73.2 Å². The van der Waals surface area contributed by atoms with Gasteiger partial charge in [-0.25, -0.2) is 0 Å². The highest BCUT2D eigenvalue weighted by molar-refractivity contribution is 6.42. The molecule has 0 aliphatic carbocycles. The zero-order chi connectivity index (χ0) is 21.0. The van der Waals surface area contributed by atoms with Crippen molar-refractivity contribution in [2.45, 2.75) is 20.1 Å². The van der Waals surface area contributed by atoms with Crippen LogP contribution in [0.2, 0.25) is 10.0 Å². The van der Waals surface area contributed by atoms with Crippen LogP contribution in [0.1, 0.15) is 41.6 Å². The molecule has 0 aromatic heterocycles. The second-order valence-electron chi connectivity index (χ2n) is 5.54. The Bertz CT molecular complexity index is 941. The van der Waals surface area contributed by atoms with Gasteiger partial charge in [0.1, 0.15) is 0 Å². The summed E-state index contributed by atoms with van der Waals surface area (Å²) in [6.45, 7) is 2.21. The van der Waals surface area contributed by atoms with Crippen molar-refractivity contribution in [2.75, 3.05) is 0 Å². The van der Waals surface area contributed by atoms with Gasteiger partial charge in [0.25, 0.3) is 12.0 Å². The highest BCUT2D eigenvalue weighted by Crippen LogP contribution is 2.33. The third-order valence-electron chi connectivity index (χ3n) is 3.48. The minimum Gasteiger partial charge on any atom is -0.421 e. The molecule has 2 aromatic carbocycles. The predicted octanol–water partition coefficient (Wildman–Crippen LogP) is 4.26. The van der Waals surface area contributed by atoms with Gasteiger partial charge in [0.15, 0.2) is 5.78 Å². The maximum Gasteiger partial charge on any atom is 0.305 e. The van der Waals surface area contributed by atoms with E-state index in [0.29, 0.717) is 0 Å². The Balaban J connectivity index is 2.56. The standard InChI is InChI=1S/C18H13Cl2NO7/c1-9(22)27-18(28-10(2)23)14-8-16(20)15(19)7-13(14)17(24)11-3-5-12(6-4-11)21(25)26/h3-8,18H,1-2H3. The normalized spacial score (nSPS) is 10.5. The highest BCUT2D eigenvalue weighted by atomic mass is 35.5. The van der Waals surface area contributed by atoms with Gasteiger partial charge in [-0.15, -0.1) is 0 Å². The van der Waals surface area contributed by atoms with E-state index in [-0.39, 0.29) is 32.4 Å². The molecule has 10 heteroatoms. The summed E-state index contributed by atoms with van der Waals surface area (Å²) in [6, 6.07) is 7.35. The number of nitrogens with zero attached hydrogens (tertiary/aromatic N) is 1. The number of halogens is 2. The summed E-state index contributed by atoms with van der Waals surface area (Å²) in [6.07, 6.45) is -1.53. The molecule has 146 valence electrons. The van der Waals surface area contributed by atoms with Gasteiger partial charge in [0.2, 0.25) is 0 Å². The van der Waals surface area contributed by atoms with Crippen molar-refractivity contribution in [3.8, 4) is 0 Å². The largest absolute Gasteiger partial charge is 0.421 e. The van der Waals surface area contributed by atoms with E-state index >= 15 is 0 Å². The van der Waals surface area contributed by atoms with Crippen molar-refractivity contribution in [1.29, 1.82) is 0 Å². The van der Waals surface area contributed by atoms with Crippen LogP contribution in [0.3, 0.4) is 0 Å². The Kier molecular flexibility index (Phi) is 6.71. The first-order valence-electron chi connectivity index (χ1n) is 7.72. The van der Waals surface area contributed by atoms with Crippen molar-refractivity contribution in [2.24, 2.45) is 0 Å². The average Bonchev–Trinajstić information content (AvgIpc) is 2.61. The first-order chi connectivity index (χ1) is 13.1. The lowest BCUT2D eigenvalue weighted by molar-refractivity contribution is -0.384. The number of esters is 2. The molecule has 8 nitrogen and oxygen atoms in total. The molecule has 0 bridgehead atoms. The number of nitro benzene ring substituents is 1. The molecule has 0 spiro atoms. The number of carbonyl (C=O) groups is 3. The maximum atomic E-state index is 12.9. The first-order valence-corrected chi connectivity index (χ1v) is 8.48. The second kappa shape index (κ2) is 8.81. The van der Waals surface area contributed by atoms with Gasteiger partial charge < -0.3 is 9.47 Å². The SMILES string of the molecule is CC(=O)OC(OC(C)=O)c1cc(Cl)c(Cl)cc1C(=O)c1ccc([N+](=O)[O-])cc1. The number of hydrogen-bond acceptors (Lipinski definition) is 7. The number of benzene rings is 2. The summed E-state index contributed by atoms with van der Waals surface area (Å²) in [5.41, 5.74) is -0.128. The Morgan fingerprint density at radius 1 is 0.964 bits per heavy atom. The number of hydrogen-bond donors (Lipinski definition) is 0. The number of ether oxygens (including phenoxy) is 2. The zero-order valence-corrected chi connectivity index (χ0v) is 16.1. The van der Waals surface area contributed by atoms with Gasteiger partial charge in [0.05, 0.1) is 15.0 Å². The Morgan fingerprint density at radius 2 is 1.46 bits per heavy atom. The lowest BCUT2D eigenvalue weighted by atomic mass is 9.97. The van der Waals surface area contributed by atoms with E-state index in [2.05, 4.69) is 0 Å². The lowest BCUT2D eigenvalue weighted by Crippen LogP contribution is -2.18. The third-order valence-corrected chi connectivity index (χ3v) is 4.20. The van der Waals surface area contributed by atoms with E-state index in [1.807, 2.05) is 0 Å². The number of rotatable bonds is 6. The van der Waals surface area contributed by atoms with Crippen molar-refractivity contribution in [3.63, 3.8) is 0 Å². The van der Waals surface area contributed by atoms with Crippen LogP contribution in [0.5, 0.6) is 0 Å². The summed E-state index contributed by atoms with van der Waals surface area (Å²) in [7, 11) is 0. The van der Waals surface area contributed by atoms with E-state index < -0.39 is 28.9 Å². The Labute approximate surface area is 169 Å². The Hall–Kier alpha value is -2.97. The van der Waals surface area contributed by atoms with Crippen molar-refractivity contribution < 1.29 is 28.8 Å². The molecule has 0 saturated carbocycles. The monoisotopic (exact) mass is 425 g/mol. The topological polar surface area (TPSA) is 113 Å². The maximum absolute atomic E-state index is 12.9. The number of ketones is 1. The highest BCUT2D eigenvalue weighted by Gasteiger charge is 2.27. The van der Waals surface area contributed by atoms with Gasteiger partial charge in [0, 0.05) is 42.7 Å². The van der Waals surface area contributed by atoms with E-state index in [0.717, 1.165) is 13.8 Å². The van der Waals surface area contributed by atoms with Crippen LogP contribution in [0.4, 0.5) is 5.69 Å². The molecule has 0 N–H and O–H groups in total. The number of carbonyl (C=O) groups excluding carboxylic acids is 3. The molecule has 28 heavy (non-hydrogen) atoms. The molecule has 0 fully saturated rings. The van der Waals surface area contributed by atoms with Crippen LogP contribution >= 0.6 is 23.2 Å². The zero-order valence-electron chi connectivity index (χ0n) is 14.6. The van der Waals surface area contributed by atoms with Gasteiger partial charge in [-0.2, -0.15) is 0 Å². The fourth-order valence-corrected chi connectivity index (χ4v) is 2.63. The van der Waals surface area contributed by atoms with Crippen LogP contribution in [-0.4, -0.2) is 22.6 Å². The van der Waals surface area contributed by atoms with Crippen LogP contribution in [-0.2, 0) is 19.1 Å². The van der Waals surface area contributed by atoms with Crippen LogP contribution in [0.25, 0.3) is 0 Å². The minimum atomic E-state index is -1.53. The minimum absolute atomic E-state index is 0.00292. The fraction of sp³-hybridized carbons (Fsp3) is 0.167. The molecule has 2 rings (SSSR count). The van der Waals surface area contributed by atoms with E-state index in [1.165, 1.54) is 36.4 Å². The van der Waals surface area contributed by atoms with Crippen LogP contribution in [0.15, 0.2) is 36.4 Å². The molecule has 0 aliphatic rings. The molecule has 0 atom stereocenters. The molecule has 0 amide bonds. The quantitative estimate of drug-likeness (QED) is 0.223. The second-order valence-corrected chi connectivity index (χ2v) is 6.35. The van der Waals surface area contributed by atoms with Crippen molar-refractivity contribution >= 4 is 46.6 Å². The summed E-state index contributed by atoms with van der Waals surface area (Å²) in [5, 5.41) is 10.9. The summed E-state index contributed by atoms with van der Waals surface area (Å²) < 4.78 is 9.99. The summed E-state index contributed by atoms with van der Waals surface area (Å²) in [4.78, 5) is 45.9. The average molecular weight is 426 g/mol. The van der Waals surface area contributed by atoms with Crippen LogP contribution < -0.4 is 0 Å². The van der Waals surface area contributed by atoms with E-state index in [1.54, 1.807) is 0 Å². The molecular formula is C18H13Cl2NO7. The predicted molar refractivity (Wildman–Crippen MR) is 99.3 cm³/mol. The third kappa shape index (κ3) is 5.05. The lowest BCUT2D eigenvalue weighted by Gasteiger charge is -2.20. The van der Waals surface area contributed by atoms with E-state index in [9.17, 15) is 24.5 Å². The van der Waals surface area contributed by atoms with Crippen molar-refractivity contribution in [1.82, 2.24) is 0 Å². The summed E-state index contributed by atoms with van der Waals surface area (Å²) in [5.74, 6) is -2.11. The van der Waals surface area contributed by atoms with Gasteiger partial charge in [-0.1, -0.05) is 23.2 Å². The fourth-order valence-electron chi connectivity index (χ4n) is 2.30. The smallest absolute Gasteiger partial charge is 0.305 e. The molecular weight excluding hydrogens is 413 g/mol.